The van der Waals surface area contributed by atoms with Gasteiger partial charge in [0.2, 0.25) is 0 Å². The van der Waals surface area contributed by atoms with Crippen LogP contribution in [0.5, 0.6) is 5.75 Å². The van der Waals surface area contributed by atoms with E-state index in [0.29, 0.717) is 23.7 Å². The third-order valence-corrected chi connectivity index (χ3v) is 7.52. The number of benzene rings is 1. The summed E-state index contributed by atoms with van der Waals surface area (Å²) >= 11 is 1.32. The Morgan fingerprint density at radius 3 is 2.39 bits per heavy atom. The van der Waals surface area contributed by atoms with E-state index in [1.807, 2.05) is 25.7 Å². The Bertz CT molecular complexity index is 1340. The lowest BCUT2D eigenvalue weighted by molar-refractivity contribution is -0.274. The average Bonchev–Trinajstić information content (AvgIpc) is 3.47. The largest absolute Gasteiger partial charge is 0.573 e. The average molecular weight is 555 g/mol. The van der Waals surface area contributed by atoms with Crippen molar-refractivity contribution in [3.8, 4) is 16.3 Å². The fourth-order valence-corrected chi connectivity index (χ4v) is 5.50. The topological polar surface area (TPSA) is 90.2 Å². The van der Waals surface area contributed by atoms with Crippen molar-refractivity contribution in [2.45, 2.75) is 70.7 Å². The van der Waals surface area contributed by atoms with E-state index >= 15 is 0 Å². The van der Waals surface area contributed by atoms with Crippen LogP contribution < -0.4 is 9.64 Å². The van der Waals surface area contributed by atoms with Crippen LogP contribution in [0.25, 0.3) is 21.7 Å². The van der Waals surface area contributed by atoms with E-state index in [4.69, 9.17) is 13.9 Å². The zero-order chi connectivity index (χ0) is 27.6. The molecule has 1 aromatic carbocycles. The molecule has 2 atom stereocenters. The van der Waals surface area contributed by atoms with E-state index in [9.17, 15) is 18.0 Å². The van der Waals surface area contributed by atoms with Gasteiger partial charge in [-0.15, -0.1) is 24.5 Å². The predicted octanol–water partition coefficient (Wildman–Crippen LogP) is 5.93. The van der Waals surface area contributed by atoms with E-state index < -0.39 is 23.3 Å². The number of thiazole rings is 1. The van der Waals surface area contributed by atoms with Crippen LogP contribution in [0, 0.1) is 0 Å². The first kappa shape index (κ1) is 26.5. The highest BCUT2D eigenvalue weighted by atomic mass is 32.1. The van der Waals surface area contributed by atoms with Gasteiger partial charge < -0.3 is 23.5 Å². The maximum atomic E-state index is 13.6. The molecule has 3 saturated heterocycles. The first-order valence-corrected chi connectivity index (χ1v) is 13.0. The highest BCUT2D eigenvalue weighted by Gasteiger charge is 2.50. The number of fused-ring (bicyclic) bond motifs is 3. The van der Waals surface area contributed by atoms with Crippen LogP contribution in [0.1, 0.15) is 46.6 Å². The van der Waals surface area contributed by atoms with E-state index in [2.05, 4.69) is 14.7 Å². The van der Waals surface area contributed by atoms with Gasteiger partial charge in [0.15, 0.2) is 16.8 Å². The van der Waals surface area contributed by atoms with Crippen molar-refractivity contribution >= 4 is 34.5 Å². The van der Waals surface area contributed by atoms with Gasteiger partial charge in [0.25, 0.3) is 6.01 Å². The van der Waals surface area contributed by atoms with Crippen LogP contribution in [0.3, 0.4) is 0 Å². The number of piperidine rings is 1. The molecule has 0 N–H and O–H groups in total. The second-order valence-corrected chi connectivity index (χ2v) is 11.8. The molecule has 1 amide bonds. The fraction of sp³-hybridized carbons (Fsp3) is 0.560. The van der Waals surface area contributed by atoms with Gasteiger partial charge in [-0.05, 0) is 47.1 Å². The summed E-state index contributed by atoms with van der Waals surface area (Å²) in [4.78, 5) is 25.1. The molecular formula is C25H29F3N4O5S. The second kappa shape index (κ2) is 9.01. The Hall–Kier alpha value is -3.06. The van der Waals surface area contributed by atoms with Crippen molar-refractivity contribution in [1.82, 2.24) is 14.9 Å². The number of hydrogen-bond acceptors (Lipinski definition) is 9. The van der Waals surface area contributed by atoms with Gasteiger partial charge in [-0.3, -0.25) is 4.90 Å². The third kappa shape index (κ3) is 4.89. The van der Waals surface area contributed by atoms with Gasteiger partial charge in [-0.2, -0.15) is 4.98 Å². The minimum absolute atomic E-state index is 0.0756. The number of methoxy groups -OCH3 is 1. The molecule has 0 spiro atoms. The number of alkyl halides is 3. The Morgan fingerprint density at radius 2 is 1.84 bits per heavy atom. The molecule has 206 valence electrons. The molecule has 0 aliphatic carbocycles. The minimum Gasteiger partial charge on any atom is -0.444 e. The van der Waals surface area contributed by atoms with Gasteiger partial charge in [-0.1, -0.05) is 0 Å². The molecular weight excluding hydrogens is 525 g/mol. The molecule has 3 aliphatic heterocycles. The molecule has 0 radical (unpaired) electrons. The summed E-state index contributed by atoms with van der Waals surface area (Å²) in [5.74, 6) is -0.479. The van der Waals surface area contributed by atoms with Gasteiger partial charge in [0, 0.05) is 37.3 Å². The number of oxazole rings is 1. The normalized spacial score (nSPS) is 20.0. The number of carbonyl (C=O) groups excluding carboxylic acids is 1. The molecule has 0 saturated carbocycles. The SMILES string of the molecule is COC(C)(C)c1cc(-c2nccs2)c2oc(N3CC4CC(C3)N4C(=O)OC(C)(C)C)nc2c1OC(F)(F)F. The molecule has 13 heteroatoms. The number of halogens is 3. The van der Waals surface area contributed by atoms with Crippen molar-refractivity contribution in [2.75, 3.05) is 25.1 Å². The summed E-state index contributed by atoms with van der Waals surface area (Å²) in [6, 6.07) is 1.46. The standard InChI is InChI=1S/C25H29F3N4O5S/c1-23(2,3)37-22(33)32-13-9-14(32)12-31(11-13)21-30-17-18(35-21)15(20-29-7-8-38-20)10-16(24(4,5)34-6)19(17)36-25(26,27)28/h7-8,10,13-14H,9,11-12H2,1-6H3. The lowest BCUT2D eigenvalue weighted by Gasteiger charge is -2.55. The highest BCUT2D eigenvalue weighted by molar-refractivity contribution is 7.13. The number of anilines is 1. The zero-order valence-electron chi connectivity index (χ0n) is 21.9. The molecule has 3 aliphatic rings. The smallest absolute Gasteiger partial charge is 0.444 e. The molecule has 6 rings (SSSR count). The Kier molecular flexibility index (Phi) is 6.29. The van der Waals surface area contributed by atoms with Crippen molar-refractivity contribution in [3.63, 3.8) is 0 Å². The van der Waals surface area contributed by atoms with Gasteiger partial charge in [-0.25, -0.2) is 9.78 Å². The van der Waals surface area contributed by atoms with E-state index in [1.165, 1.54) is 18.4 Å². The minimum atomic E-state index is -4.96. The maximum Gasteiger partial charge on any atom is 0.573 e. The number of nitrogens with zero attached hydrogens (tertiary/aromatic N) is 4. The number of carbonyl (C=O) groups is 1. The van der Waals surface area contributed by atoms with Crippen LogP contribution >= 0.6 is 11.3 Å². The molecule has 2 unspecified atom stereocenters. The lowest BCUT2D eigenvalue weighted by Crippen LogP contribution is -2.70. The Labute approximate surface area is 221 Å². The number of hydrogen-bond donors (Lipinski definition) is 0. The molecule has 38 heavy (non-hydrogen) atoms. The number of amides is 1. The molecule has 2 bridgehead atoms. The summed E-state index contributed by atoms with van der Waals surface area (Å²) in [6.07, 6.45) is -2.94. The van der Waals surface area contributed by atoms with Gasteiger partial charge in [0.05, 0.1) is 23.2 Å². The predicted molar refractivity (Wildman–Crippen MR) is 134 cm³/mol. The first-order chi connectivity index (χ1) is 17.7. The number of rotatable bonds is 5. The summed E-state index contributed by atoms with van der Waals surface area (Å²) < 4.78 is 62.4. The Morgan fingerprint density at radius 1 is 1.16 bits per heavy atom. The maximum absolute atomic E-state index is 13.6. The van der Waals surface area contributed by atoms with Gasteiger partial charge >= 0.3 is 12.5 Å². The summed E-state index contributed by atoms with van der Waals surface area (Å²) in [7, 11) is 1.41. The van der Waals surface area contributed by atoms with E-state index in [0.717, 1.165) is 6.42 Å². The van der Waals surface area contributed by atoms with Gasteiger partial charge in [0.1, 0.15) is 10.6 Å². The van der Waals surface area contributed by atoms with Crippen LogP contribution in [-0.2, 0) is 15.1 Å². The molecule has 5 heterocycles. The molecule has 3 fully saturated rings. The molecule has 9 nitrogen and oxygen atoms in total. The van der Waals surface area contributed by atoms with Crippen LogP contribution in [0.4, 0.5) is 24.0 Å². The summed E-state index contributed by atoms with van der Waals surface area (Å²) in [5.41, 5.74) is -1.05. The zero-order valence-corrected chi connectivity index (χ0v) is 22.7. The van der Waals surface area contributed by atoms with Crippen LogP contribution in [0.2, 0.25) is 0 Å². The van der Waals surface area contributed by atoms with E-state index in [-0.39, 0.29) is 40.9 Å². The number of aromatic nitrogens is 2. The second-order valence-electron chi connectivity index (χ2n) is 10.9. The van der Waals surface area contributed by atoms with Crippen molar-refractivity contribution < 1.29 is 36.6 Å². The van der Waals surface area contributed by atoms with Crippen LogP contribution in [0.15, 0.2) is 22.1 Å². The quantitative estimate of drug-likeness (QED) is 0.384. The van der Waals surface area contributed by atoms with Crippen molar-refractivity contribution in [2.24, 2.45) is 0 Å². The number of piperazine rings is 1. The Balaban J connectivity index is 1.57. The number of ether oxygens (including phenoxy) is 3. The van der Waals surface area contributed by atoms with Crippen molar-refractivity contribution in [3.05, 3.63) is 23.2 Å². The van der Waals surface area contributed by atoms with E-state index in [1.54, 1.807) is 36.4 Å². The van der Waals surface area contributed by atoms with Crippen molar-refractivity contribution in [1.29, 1.82) is 0 Å². The highest BCUT2D eigenvalue weighted by Crippen LogP contribution is 2.46. The van der Waals surface area contributed by atoms with Crippen LogP contribution in [-0.4, -0.2) is 65.2 Å². The summed E-state index contributed by atoms with van der Waals surface area (Å²) in [5, 5.41) is 2.32. The lowest BCUT2D eigenvalue weighted by atomic mass is 9.88. The molecule has 2 aromatic heterocycles. The monoisotopic (exact) mass is 554 g/mol. The first-order valence-electron chi connectivity index (χ1n) is 12.1. The fourth-order valence-electron chi connectivity index (χ4n) is 4.85. The summed E-state index contributed by atoms with van der Waals surface area (Å²) in [6.45, 7) is 9.53. The third-order valence-electron chi connectivity index (χ3n) is 6.72. The molecule has 3 aromatic rings.